The van der Waals surface area contributed by atoms with E-state index in [0.29, 0.717) is 19.5 Å². The van der Waals surface area contributed by atoms with E-state index in [1.54, 1.807) is 16.2 Å². The van der Waals surface area contributed by atoms with Crippen LogP contribution in [0, 0.1) is 0 Å². The number of carbonyl (C=O) groups is 3. The van der Waals surface area contributed by atoms with Crippen molar-refractivity contribution in [2.24, 2.45) is 0 Å². The second-order valence-electron chi connectivity index (χ2n) is 6.16. The van der Waals surface area contributed by atoms with E-state index in [4.69, 9.17) is 9.52 Å². The second kappa shape index (κ2) is 7.74. The Labute approximate surface area is 154 Å². The first-order chi connectivity index (χ1) is 12.5. The van der Waals surface area contributed by atoms with Crippen molar-refractivity contribution in [1.29, 1.82) is 0 Å². The van der Waals surface area contributed by atoms with Gasteiger partial charge in [0.1, 0.15) is 6.04 Å². The summed E-state index contributed by atoms with van der Waals surface area (Å²) in [5.41, 5.74) is 1.16. The molecule has 0 saturated heterocycles. The van der Waals surface area contributed by atoms with Crippen LogP contribution >= 0.6 is 11.3 Å². The van der Waals surface area contributed by atoms with Crippen molar-refractivity contribution in [3.8, 4) is 0 Å². The highest BCUT2D eigenvalue weighted by Gasteiger charge is 2.29. The average Bonchev–Trinajstić information content (AvgIpc) is 3.29. The van der Waals surface area contributed by atoms with Gasteiger partial charge in [-0.15, -0.1) is 11.3 Å². The molecule has 2 amide bonds. The van der Waals surface area contributed by atoms with Gasteiger partial charge in [0.2, 0.25) is 11.7 Å². The maximum atomic E-state index is 12.9. The highest BCUT2D eigenvalue weighted by Crippen LogP contribution is 2.24. The number of hydrogen-bond acceptors (Lipinski definition) is 5. The van der Waals surface area contributed by atoms with E-state index in [9.17, 15) is 14.4 Å². The van der Waals surface area contributed by atoms with Crippen LogP contribution in [-0.4, -0.2) is 40.4 Å². The summed E-state index contributed by atoms with van der Waals surface area (Å²) < 4.78 is 5.01. The van der Waals surface area contributed by atoms with Gasteiger partial charge in [0.25, 0.3) is 5.91 Å². The van der Waals surface area contributed by atoms with Crippen LogP contribution in [0.3, 0.4) is 0 Å². The number of thiophene rings is 1. The number of carboxylic acid groups (broad SMARTS) is 1. The summed E-state index contributed by atoms with van der Waals surface area (Å²) in [4.78, 5) is 39.2. The van der Waals surface area contributed by atoms with Crippen LogP contribution in [-0.2, 0) is 17.8 Å². The maximum Gasteiger partial charge on any atom is 0.371 e. The van der Waals surface area contributed by atoms with Gasteiger partial charge >= 0.3 is 5.97 Å². The Morgan fingerprint density at radius 1 is 1.31 bits per heavy atom. The SMILES string of the molecule is CCCC(NC(=O)c1ccc(C(=O)O)o1)C(=O)N1CCc2sccc2C1. The minimum atomic E-state index is -1.25. The van der Waals surface area contributed by atoms with Crippen molar-refractivity contribution in [3.05, 3.63) is 45.5 Å². The summed E-state index contributed by atoms with van der Waals surface area (Å²) in [6.07, 6.45) is 2.06. The smallest absolute Gasteiger partial charge is 0.371 e. The second-order valence-corrected chi connectivity index (χ2v) is 7.16. The molecule has 1 aliphatic heterocycles. The Hall–Kier alpha value is -2.61. The quantitative estimate of drug-likeness (QED) is 0.807. The summed E-state index contributed by atoms with van der Waals surface area (Å²) in [5, 5.41) is 13.6. The largest absolute Gasteiger partial charge is 0.475 e. The van der Waals surface area contributed by atoms with E-state index in [-0.39, 0.29) is 17.4 Å². The number of carboxylic acids is 1. The fraction of sp³-hybridized carbons (Fsp3) is 0.389. The van der Waals surface area contributed by atoms with E-state index in [1.807, 2.05) is 18.4 Å². The monoisotopic (exact) mass is 376 g/mol. The van der Waals surface area contributed by atoms with Gasteiger partial charge in [-0.3, -0.25) is 9.59 Å². The molecule has 26 heavy (non-hydrogen) atoms. The number of hydrogen-bond donors (Lipinski definition) is 2. The molecule has 8 heteroatoms. The number of nitrogens with zero attached hydrogens (tertiary/aromatic N) is 1. The maximum absolute atomic E-state index is 12.9. The van der Waals surface area contributed by atoms with E-state index < -0.39 is 17.9 Å². The van der Waals surface area contributed by atoms with Crippen LogP contribution in [0.15, 0.2) is 28.0 Å². The van der Waals surface area contributed by atoms with Crippen LogP contribution < -0.4 is 5.32 Å². The lowest BCUT2D eigenvalue weighted by Gasteiger charge is -2.30. The number of amides is 2. The van der Waals surface area contributed by atoms with Gasteiger partial charge < -0.3 is 19.7 Å². The molecule has 0 aromatic carbocycles. The van der Waals surface area contributed by atoms with Crippen molar-refractivity contribution in [2.75, 3.05) is 6.54 Å². The third kappa shape index (κ3) is 3.80. The molecule has 1 atom stereocenters. The summed E-state index contributed by atoms with van der Waals surface area (Å²) in [7, 11) is 0. The molecular weight excluding hydrogens is 356 g/mol. The lowest BCUT2D eigenvalue weighted by Crippen LogP contribution is -2.49. The topological polar surface area (TPSA) is 99.9 Å². The summed E-state index contributed by atoms with van der Waals surface area (Å²) >= 11 is 1.70. The number of aromatic carboxylic acids is 1. The van der Waals surface area contributed by atoms with Gasteiger partial charge in [-0.05, 0) is 42.0 Å². The molecule has 2 N–H and O–H groups in total. The highest BCUT2D eigenvalue weighted by atomic mass is 32.1. The molecule has 2 aromatic rings. The normalized spacial score (nSPS) is 14.6. The first-order valence-electron chi connectivity index (χ1n) is 8.47. The Kier molecular flexibility index (Phi) is 5.41. The lowest BCUT2D eigenvalue weighted by molar-refractivity contribution is -0.134. The number of carbonyl (C=O) groups excluding carboxylic acids is 2. The van der Waals surface area contributed by atoms with Crippen LogP contribution in [0.4, 0.5) is 0 Å². The first-order valence-corrected chi connectivity index (χ1v) is 9.35. The van der Waals surface area contributed by atoms with Gasteiger partial charge in [-0.2, -0.15) is 0 Å². The fourth-order valence-corrected chi connectivity index (χ4v) is 3.90. The molecule has 2 aromatic heterocycles. The third-order valence-electron chi connectivity index (χ3n) is 4.34. The van der Waals surface area contributed by atoms with Gasteiger partial charge in [0, 0.05) is 18.0 Å². The van der Waals surface area contributed by atoms with Gasteiger partial charge in [0.05, 0.1) is 0 Å². The molecular formula is C18H20N2O5S. The number of fused-ring (bicyclic) bond motifs is 1. The van der Waals surface area contributed by atoms with Crippen molar-refractivity contribution >= 4 is 29.1 Å². The molecule has 1 aliphatic rings. The number of nitrogens with one attached hydrogen (secondary N) is 1. The van der Waals surface area contributed by atoms with Crippen LogP contribution in [0.5, 0.6) is 0 Å². The molecule has 3 rings (SSSR count). The zero-order valence-corrected chi connectivity index (χ0v) is 15.2. The van der Waals surface area contributed by atoms with E-state index in [2.05, 4.69) is 5.32 Å². The first kappa shape index (κ1) is 18.2. The Balaban J connectivity index is 1.69. The zero-order valence-electron chi connectivity index (χ0n) is 14.4. The van der Waals surface area contributed by atoms with Gasteiger partial charge in [0.15, 0.2) is 5.76 Å². The highest BCUT2D eigenvalue weighted by molar-refractivity contribution is 7.10. The predicted octanol–water partition coefficient (Wildman–Crippen LogP) is 2.52. The van der Waals surface area contributed by atoms with E-state index in [0.717, 1.165) is 18.4 Å². The van der Waals surface area contributed by atoms with Gasteiger partial charge in [-0.1, -0.05) is 13.3 Å². The molecule has 0 spiro atoms. The molecule has 138 valence electrons. The minimum absolute atomic E-state index is 0.116. The molecule has 0 aliphatic carbocycles. The van der Waals surface area contributed by atoms with Crippen LogP contribution in [0.2, 0.25) is 0 Å². The molecule has 3 heterocycles. The van der Waals surface area contributed by atoms with Crippen LogP contribution in [0.1, 0.15) is 51.3 Å². The fourth-order valence-electron chi connectivity index (χ4n) is 3.01. The molecule has 7 nitrogen and oxygen atoms in total. The minimum Gasteiger partial charge on any atom is -0.475 e. The molecule has 0 saturated carbocycles. The summed E-state index contributed by atoms with van der Waals surface area (Å²) in [6, 6.07) is 3.89. The lowest BCUT2D eigenvalue weighted by atomic mass is 10.1. The average molecular weight is 376 g/mol. The third-order valence-corrected chi connectivity index (χ3v) is 5.36. The van der Waals surface area contributed by atoms with Crippen molar-refractivity contribution in [1.82, 2.24) is 10.2 Å². The number of furan rings is 1. The van der Waals surface area contributed by atoms with Crippen molar-refractivity contribution < 1.29 is 23.9 Å². The molecule has 1 unspecified atom stereocenters. The Bertz CT molecular complexity index is 825. The van der Waals surface area contributed by atoms with E-state index >= 15 is 0 Å². The summed E-state index contributed by atoms with van der Waals surface area (Å²) in [5.74, 6) is -2.38. The van der Waals surface area contributed by atoms with Crippen LogP contribution in [0.25, 0.3) is 0 Å². The predicted molar refractivity (Wildman–Crippen MR) is 95.3 cm³/mol. The van der Waals surface area contributed by atoms with E-state index in [1.165, 1.54) is 17.0 Å². The standard InChI is InChI=1S/C18H20N2O5S/c1-2-3-12(19-16(21)13-4-5-14(25-13)18(23)24)17(22)20-8-6-15-11(10-20)7-9-26-15/h4-5,7,9,12H,2-3,6,8,10H2,1H3,(H,19,21)(H,23,24). The Morgan fingerprint density at radius 3 is 2.77 bits per heavy atom. The molecule has 0 radical (unpaired) electrons. The van der Waals surface area contributed by atoms with Crippen molar-refractivity contribution in [3.63, 3.8) is 0 Å². The molecule has 0 fully saturated rings. The van der Waals surface area contributed by atoms with Gasteiger partial charge in [-0.25, -0.2) is 4.79 Å². The van der Waals surface area contributed by atoms with Crippen molar-refractivity contribution in [2.45, 2.75) is 38.8 Å². The summed E-state index contributed by atoms with van der Waals surface area (Å²) in [6.45, 7) is 3.12. The molecule has 0 bridgehead atoms. The Morgan fingerprint density at radius 2 is 2.08 bits per heavy atom. The zero-order chi connectivity index (χ0) is 18.7. The number of rotatable bonds is 6.